The Balaban J connectivity index is 1.73. The van der Waals surface area contributed by atoms with Crippen LogP contribution < -0.4 is 22.1 Å². The zero-order valence-electron chi connectivity index (χ0n) is 17.2. The molecule has 1 fully saturated rings. The lowest BCUT2D eigenvalue weighted by Gasteiger charge is -2.31. The van der Waals surface area contributed by atoms with Crippen LogP contribution >= 0.6 is 11.3 Å². The van der Waals surface area contributed by atoms with Crippen LogP contribution in [0.25, 0.3) is 0 Å². The molecule has 1 amide bonds. The number of hydrogen-bond acceptors (Lipinski definition) is 6. The van der Waals surface area contributed by atoms with Crippen LogP contribution in [0.2, 0.25) is 0 Å². The van der Waals surface area contributed by atoms with E-state index >= 15 is 0 Å². The van der Waals surface area contributed by atoms with E-state index in [1.165, 1.54) is 11.3 Å². The molecule has 0 bridgehead atoms. The Labute approximate surface area is 174 Å². The van der Waals surface area contributed by atoms with E-state index in [0.717, 1.165) is 47.4 Å². The molecule has 6 N–H and O–H groups in total. The summed E-state index contributed by atoms with van der Waals surface area (Å²) in [5, 5.41) is 14.5. The van der Waals surface area contributed by atoms with Crippen LogP contribution in [0.3, 0.4) is 0 Å². The van der Waals surface area contributed by atoms with Gasteiger partial charge < -0.3 is 21.2 Å². The van der Waals surface area contributed by atoms with E-state index in [-0.39, 0.29) is 30.1 Å². The lowest BCUT2D eigenvalue weighted by Crippen LogP contribution is -2.33. The fourth-order valence-corrected chi connectivity index (χ4v) is 5.39. The van der Waals surface area contributed by atoms with Gasteiger partial charge in [-0.2, -0.15) is 5.48 Å². The first kappa shape index (κ1) is 21.7. The Hall–Kier alpha value is -2.00. The quantitative estimate of drug-likeness (QED) is 0.462. The largest absolute Gasteiger partial charge is 0.348 e. The number of aromatic amines is 1. The van der Waals surface area contributed by atoms with Gasteiger partial charge in [0.25, 0.3) is 11.5 Å². The zero-order chi connectivity index (χ0) is 21.1. The highest BCUT2D eigenvalue weighted by molar-refractivity contribution is 7.10. The van der Waals surface area contributed by atoms with E-state index in [2.05, 4.69) is 15.8 Å². The smallest absolute Gasteiger partial charge is 0.253 e. The van der Waals surface area contributed by atoms with Gasteiger partial charge in [0.1, 0.15) is 0 Å². The molecule has 2 aromatic rings. The summed E-state index contributed by atoms with van der Waals surface area (Å²) < 4.78 is 0. The van der Waals surface area contributed by atoms with Crippen LogP contribution in [-0.2, 0) is 6.54 Å². The van der Waals surface area contributed by atoms with Crippen molar-refractivity contribution in [3.05, 3.63) is 54.6 Å². The molecule has 29 heavy (non-hydrogen) atoms. The van der Waals surface area contributed by atoms with Crippen LogP contribution in [0.15, 0.2) is 16.2 Å². The van der Waals surface area contributed by atoms with Gasteiger partial charge >= 0.3 is 0 Å². The molecule has 1 aliphatic rings. The number of thiophene rings is 1. The van der Waals surface area contributed by atoms with Gasteiger partial charge in [-0.3, -0.25) is 9.59 Å². The molecule has 0 radical (unpaired) electrons. The van der Waals surface area contributed by atoms with E-state index in [9.17, 15) is 14.8 Å². The third-order valence-electron chi connectivity index (χ3n) is 5.95. The number of hydroxylamine groups is 1. The number of carbonyl (C=O) groups excluding carboxylic acids is 1. The van der Waals surface area contributed by atoms with E-state index in [1.807, 2.05) is 32.2 Å². The standard InChI is InChI=1S/C21H30N4O3S/c1-11-8-12(2)24-21(27)16(11)9-23-20(26)17-10-29-19(13(17)3)18(25-28)14-4-6-15(22)7-5-14/h8,10,14-15,18,25,28H,4-7,9,22H2,1-3H3,(H,23,26)(H,24,27). The second kappa shape index (κ2) is 9.21. The van der Waals surface area contributed by atoms with Gasteiger partial charge in [-0.05, 0) is 69.6 Å². The zero-order valence-corrected chi connectivity index (χ0v) is 18.0. The summed E-state index contributed by atoms with van der Waals surface area (Å²) >= 11 is 1.48. The van der Waals surface area contributed by atoms with Crippen LogP contribution in [0.4, 0.5) is 0 Å². The summed E-state index contributed by atoms with van der Waals surface area (Å²) in [6.45, 7) is 5.78. The van der Waals surface area contributed by atoms with Gasteiger partial charge in [0.15, 0.2) is 0 Å². The number of aryl methyl sites for hydroxylation is 2. The number of amides is 1. The number of carbonyl (C=O) groups is 1. The van der Waals surface area contributed by atoms with Gasteiger partial charge in [0.2, 0.25) is 0 Å². The first-order chi connectivity index (χ1) is 13.8. The van der Waals surface area contributed by atoms with E-state index < -0.39 is 0 Å². The van der Waals surface area contributed by atoms with Crippen molar-refractivity contribution in [2.24, 2.45) is 11.7 Å². The maximum Gasteiger partial charge on any atom is 0.253 e. The maximum atomic E-state index is 12.8. The van der Waals surface area contributed by atoms with Gasteiger partial charge in [-0.1, -0.05) is 0 Å². The molecule has 0 aliphatic heterocycles. The third-order valence-corrected chi connectivity index (χ3v) is 7.12. The van der Waals surface area contributed by atoms with Crippen LogP contribution in [0.1, 0.15) is 69.3 Å². The van der Waals surface area contributed by atoms with Gasteiger partial charge in [-0.25, -0.2) is 0 Å². The lowest BCUT2D eigenvalue weighted by molar-refractivity contribution is 0.0833. The fraction of sp³-hybridized carbons (Fsp3) is 0.524. The molecule has 0 saturated heterocycles. The van der Waals surface area contributed by atoms with Crippen LogP contribution in [0.5, 0.6) is 0 Å². The molecule has 1 atom stereocenters. The van der Waals surface area contributed by atoms with Gasteiger partial charge in [0, 0.05) is 34.1 Å². The second-order valence-corrected chi connectivity index (χ2v) is 8.96. The Morgan fingerprint density at radius 1 is 1.31 bits per heavy atom. The molecule has 7 nitrogen and oxygen atoms in total. The van der Waals surface area contributed by atoms with E-state index in [1.54, 1.807) is 0 Å². The molecule has 1 aliphatic carbocycles. The monoisotopic (exact) mass is 418 g/mol. The summed E-state index contributed by atoms with van der Waals surface area (Å²) in [4.78, 5) is 28.7. The SMILES string of the molecule is Cc1cc(C)c(CNC(=O)c2csc(C(NO)C3CCC(N)CC3)c2C)c(=O)[nH]1. The minimum absolute atomic E-state index is 0.174. The van der Waals surface area contributed by atoms with Crippen molar-refractivity contribution in [1.29, 1.82) is 0 Å². The Morgan fingerprint density at radius 3 is 2.62 bits per heavy atom. The van der Waals surface area contributed by atoms with Crippen molar-refractivity contribution < 1.29 is 10.0 Å². The molecular formula is C21H30N4O3S. The van der Waals surface area contributed by atoms with Crippen molar-refractivity contribution in [2.75, 3.05) is 0 Å². The van der Waals surface area contributed by atoms with E-state index in [0.29, 0.717) is 17.0 Å². The highest BCUT2D eigenvalue weighted by atomic mass is 32.1. The number of nitrogens with one attached hydrogen (secondary N) is 3. The minimum Gasteiger partial charge on any atom is -0.348 e. The average molecular weight is 419 g/mol. The second-order valence-electron chi connectivity index (χ2n) is 8.05. The first-order valence-electron chi connectivity index (χ1n) is 10.0. The summed E-state index contributed by atoms with van der Waals surface area (Å²) in [5.41, 5.74) is 12.0. The van der Waals surface area contributed by atoms with E-state index in [4.69, 9.17) is 5.73 Å². The van der Waals surface area contributed by atoms with Crippen LogP contribution in [-0.4, -0.2) is 22.1 Å². The number of aromatic nitrogens is 1. The number of pyridine rings is 1. The third kappa shape index (κ3) is 4.78. The van der Waals surface area contributed by atoms with Crippen molar-refractivity contribution in [3.8, 4) is 0 Å². The number of hydrogen-bond donors (Lipinski definition) is 5. The lowest BCUT2D eigenvalue weighted by atomic mass is 9.81. The van der Waals surface area contributed by atoms with Crippen molar-refractivity contribution in [3.63, 3.8) is 0 Å². The summed E-state index contributed by atoms with van der Waals surface area (Å²) in [7, 11) is 0. The molecule has 2 heterocycles. The molecule has 2 aromatic heterocycles. The Kier molecular flexibility index (Phi) is 6.89. The number of rotatable bonds is 6. The predicted molar refractivity (Wildman–Crippen MR) is 114 cm³/mol. The molecule has 8 heteroatoms. The molecule has 0 aromatic carbocycles. The number of H-pyrrole nitrogens is 1. The Morgan fingerprint density at radius 2 is 2.00 bits per heavy atom. The Bertz CT molecular complexity index is 928. The fourth-order valence-electron chi connectivity index (χ4n) is 4.18. The molecule has 3 rings (SSSR count). The predicted octanol–water partition coefficient (Wildman–Crippen LogP) is 2.83. The topological polar surface area (TPSA) is 120 Å². The molecular weight excluding hydrogens is 388 g/mol. The van der Waals surface area contributed by atoms with Crippen molar-refractivity contribution in [2.45, 2.75) is 65.1 Å². The highest BCUT2D eigenvalue weighted by Gasteiger charge is 2.30. The summed E-state index contributed by atoms with van der Waals surface area (Å²) in [6, 6.07) is 1.94. The average Bonchev–Trinajstić information content (AvgIpc) is 3.04. The first-order valence-corrected chi connectivity index (χ1v) is 10.9. The highest BCUT2D eigenvalue weighted by Crippen LogP contribution is 2.38. The van der Waals surface area contributed by atoms with Crippen molar-refractivity contribution >= 4 is 17.2 Å². The van der Waals surface area contributed by atoms with Gasteiger partial charge in [-0.15, -0.1) is 11.3 Å². The van der Waals surface area contributed by atoms with Crippen LogP contribution in [0, 0.1) is 26.7 Å². The molecule has 0 spiro atoms. The van der Waals surface area contributed by atoms with Gasteiger partial charge in [0.05, 0.1) is 11.6 Å². The molecule has 1 unspecified atom stereocenters. The van der Waals surface area contributed by atoms with Crippen molar-refractivity contribution in [1.82, 2.24) is 15.8 Å². The molecule has 158 valence electrons. The summed E-state index contributed by atoms with van der Waals surface area (Å²) in [5.74, 6) is 0.0774. The number of nitrogens with two attached hydrogens (primary N) is 1. The molecule has 1 saturated carbocycles. The summed E-state index contributed by atoms with van der Waals surface area (Å²) in [6.07, 6.45) is 3.80. The maximum absolute atomic E-state index is 12.8. The minimum atomic E-state index is -0.216. The normalized spacial score (nSPS) is 20.4.